The van der Waals surface area contributed by atoms with E-state index < -0.39 is 5.97 Å². The van der Waals surface area contributed by atoms with Crippen molar-refractivity contribution in [3.05, 3.63) is 29.3 Å². The highest BCUT2D eigenvalue weighted by atomic mass is 32.1. The van der Waals surface area contributed by atoms with Crippen LogP contribution in [0.15, 0.2) is 23.7 Å². The number of carboxylic acid groups (broad SMARTS) is 1. The summed E-state index contributed by atoms with van der Waals surface area (Å²) in [6.45, 7) is 2.11. The minimum atomic E-state index is -0.910. The van der Waals surface area contributed by atoms with Crippen LogP contribution in [0.5, 0.6) is 0 Å². The predicted octanol–water partition coefficient (Wildman–Crippen LogP) is 3.28. The fourth-order valence-corrected chi connectivity index (χ4v) is 2.87. The molecule has 18 heavy (non-hydrogen) atoms. The van der Waals surface area contributed by atoms with Crippen LogP contribution in [0.3, 0.4) is 0 Å². The zero-order chi connectivity index (χ0) is 12.7. The number of aromatic carboxylic acids is 1. The van der Waals surface area contributed by atoms with Crippen molar-refractivity contribution < 1.29 is 9.90 Å². The molecule has 1 aliphatic rings. The number of carboxylic acids is 1. The van der Waals surface area contributed by atoms with Crippen LogP contribution >= 0.6 is 11.3 Å². The lowest BCUT2D eigenvalue weighted by atomic mass is 10.2. The fraction of sp³-hybridized carbons (Fsp3) is 0.385. The second-order valence-electron chi connectivity index (χ2n) is 4.73. The summed E-state index contributed by atoms with van der Waals surface area (Å²) < 4.78 is 1.82. The van der Waals surface area contributed by atoms with E-state index in [0.717, 1.165) is 4.88 Å². The summed E-state index contributed by atoms with van der Waals surface area (Å²) >= 11 is 1.52. The van der Waals surface area contributed by atoms with Crippen molar-refractivity contribution in [1.82, 2.24) is 9.78 Å². The monoisotopic (exact) mass is 262 g/mol. The Hall–Kier alpha value is -1.62. The Morgan fingerprint density at radius 1 is 1.61 bits per heavy atom. The lowest BCUT2D eigenvalue weighted by Gasteiger charge is -2.09. The average Bonchev–Trinajstić information content (AvgIpc) is 2.90. The van der Waals surface area contributed by atoms with Gasteiger partial charge in [-0.05, 0) is 37.1 Å². The summed E-state index contributed by atoms with van der Waals surface area (Å²) in [5.74, 6) is -0.254. The summed E-state index contributed by atoms with van der Waals surface area (Å²) in [5.41, 5.74) is 0.884. The van der Waals surface area contributed by atoms with Crippen LogP contribution in [0, 0.1) is 5.92 Å². The van der Waals surface area contributed by atoms with Crippen molar-refractivity contribution in [3.63, 3.8) is 0 Å². The van der Waals surface area contributed by atoms with E-state index in [4.69, 9.17) is 0 Å². The predicted molar refractivity (Wildman–Crippen MR) is 69.9 cm³/mol. The van der Waals surface area contributed by atoms with E-state index in [1.807, 2.05) is 22.2 Å². The molecule has 0 amide bonds. The molecule has 3 rings (SSSR count). The van der Waals surface area contributed by atoms with Gasteiger partial charge in [0, 0.05) is 6.20 Å². The van der Waals surface area contributed by atoms with Crippen LogP contribution < -0.4 is 0 Å². The molecule has 0 aromatic carbocycles. The summed E-state index contributed by atoms with van der Waals surface area (Å²) in [6.07, 6.45) is 4.11. The van der Waals surface area contributed by atoms with Crippen molar-refractivity contribution in [2.45, 2.75) is 25.8 Å². The standard InChI is InChI=1S/C13H14N2O2S/c1-8(9-4-5-9)15-7-10(13(16)17)12(14-15)11-3-2-6-18-11/h2-3,6-9H,4-5H2,1H3,(H,16,17). The number of nitrogens with zero attached hydrogens (tertiary/aromatic N) is 2. The molecule has 1 atom stereocenters. The van der Waals surface area contributed by atoms with E-state index in [2.05, 4.69) is 12.0 Å². The molecule has 0 saturated heterocycles. The van der Waals surface area contributed by atoms with Gasteiger partial charge < -0.3 is 5.11 Å². The minimum absolute atomic E-state index is 0.289. The molecule has 1 unspecified atom stereocenters. The molecule has 2 heterocycles. The maximum absolute atomic E-state index is 11.3. The quantitative estimate of drug-likeness (QED) is 0.920. The Kier molecular flexibility index (Phi) is 2.70. The Labute approximate surface area is 109 Å². The third-order valence-electron chi connectivity index (χ3n) is 3.44. The summed E-state index contributed by atoms with van der Waals surface area (Å²) in [6, 6.07) is 4.11. The molecule has 2 aromatic rings. The first-order valence-corrected chi connectivity index (χ1v) is 6.91. The highest BCUT2D eigenvalue weighted by Crippen LogP contribution is 2.40. The number of carbonyl (C=O) groups is 1. The van der Waals surface area contributed by atoms with Crippen molar-refractivity contribution in [2.24, 2.45) is 5.92 Å². The first-order chi connectivity index (χ1) is 8.66. The normalized spacial score (nSPS) is 16.7. The largest absolute Gasteiger partial charge is 0.478 e. The molecule has 0 bridgehead atoms. The van der Waals surface area contributed by atoms with Gasteiger partial charge in [0.15, 0.2) is 0 Å². The number of thiophene rings is 1. The molecule has 4 nitrogen and oxygen atoms in total. The van der Waals surface area contributed by atoms with Crippen molar-refractivity contribution in [1.29, 1.82) is 0 Å². The van der Waals surface area contributed by atoms with E-state index in [1.54, 1.807) is 6.20 Å². The van der Waals surface area contributed by atoms with Gasteiger partial charge in [0.2, 0.25) is 0 Å². The van der Waals surface area contributed by atoms with E-state index in [-0.39, 0.29) is 6.04 Å². The third-order valence-corrected chi connectivity index (χ3v) is 4.32. The van der Waals surface area contributed by atoms with E-state index in [1.165, 1.54) is 24.2 Å². The Morgan fingerprint density at radius 2 is 2.39 bits per heavy atom. The molecule has 1 N–H and O–H groups in total. The highest BCUT2D eigenvalue weighted by Gasteiger charge is 2.31. The van der Waals surface area contributed by atoms with Gasteiger partial charge in [-0.25, -0.2) is 4.79 Å². The summed E-state index contributed by atoms with van der Waals surface area (Å²) in [5, 5.41) is 15.7. The smallest absolute Gasteiger partial charge is 0.339 e. The first kappa shape index (κ1) is 11.5. The summed E-state index contributed by atoms with van der Waals surface area (Å²) in [4.78, 5) is 12.2. The van der Waals surface area contributed by atoms with E-state index in [0.29, 0.717) is 17.2 Å². The van der Waals surface area contributed by atoms with Gasteiger partial charge in [0.1, 0.15) is 11.3 Å². The summed E-state index contributed by atoms with van der Waals surface area (Å²) in [7, 11) is 0. The molecule has 1 saturated carbocycles. The van der Waals surface area contributed by atoms with Crippen LogP contribution in [-0.2, 0) is 0 Å². The second kappa shape index (κ2) is 4.24. The van der Waals surface area contributed by atoms with E-state index in [9.17, 15) is 9.90 Å². The molecular weight excluding hydrogens is 248 g/mol. The first-order valence-electron chi connectivity index (χ1n) is 6.03. The fourth-order valence-electron chi connectivity index (χ4n) is 2.15. The Morgan fingerprint density at radius 3 is 2.94 bits per heavy atom. The van der Waals surface area contributed by atoms with Crippen molar-refractivity contribution in [2.75, 3.05) is 0 Å². The van der Waals surface area contributed by atoms with Gasteiger partial charge in [0.05, 0.1) is 10.9 Å². The van der Waals surface area contributed by atoms with Gasteiger partial charge in [-0.1, -0.05) is 6.07 Å². The van der Waals surface area contributed by atoms with Gasteiger partial charge >= 0.3 is 5.97 Å². The number of rotatable bonds is 4. The van der Waals surface area contributed by atoms with Gasteiger partial charge in [-0.2, -0.15) is 5.10 Å². The maximum Gasteiger partial charge on any atom is 0.339 e. The van der Waals surface area contributed by atoms with Crippen molar-refractivity contribution >= 4 is 17.3 Å². The Bertz CT molecular complexity index is 570. The molecule has 1 aliphatic carbocycles. The highest BCUT2D eigenvalue weighted by molar-refractivity contribution is 7.13. The SMILES string of the molecule is CC(C1CC1)n1cc(C(=O)O)c(-c2cccs2)n1. The molecule has 2 aromatic heterocycles. The number of aromatic nitrogens is 2. The van der Waals surface area contributed by atoms with Gasteiger partial charge in [-0.3, -0.25) is 4.68 Å². The average molecular weight is 262 g/mol. The molecule has 0 spiro atoms. The molecule has 5 heteroatoms. The van der Waals surface area contributed by atoms with E-state index >= 15 is 0 Å². The van der Waals surface area contributed by atoms with Gasteiger partial charge in [-0.15, -0.1) is 11.3 Å². The topological polar surface area (TPSA) is 55.1 Å². The number of hydrogen-bond donors (Lipinski definition) is 1. The lowest BCUT2D eigenvalue weighted by Crippen LogP contribution is -2.07. The second-order valence-corrected chi connectivity index (χ2v) is 5.68. The maximum atomic E-state index is 11.3. The molecule has 94 valence electrons. The van der Waals surface area contributed by atoms with Crippen LogP contribution in [0.2, 0.25) is 0 Å². The van der Waals surface area contributed by atoms with Crippen LogP contribution in [0.1, 0.15) is 36.2 Å². The molecular formula is C13H14N2O2S. The number of hydrogen-bond acceptors (Lipinski definition) is 3. The molecule has 0 aliphatic heterocycles. The zero-order valence-electron chi connectivity index (χ0n) is 10.0. The van der Waals surface area contributed by atoms with Crippen LogP contribution in [0.25, 0.3) is 10.6 Å². The third kappa shape index (κ3) is 1.95. The lowest BCUT2D eigenvalue weighted by molar-refractivity contribution is 0.0697. The zero-order valence-corrected chi connectivity index (χ0v) is 10.9. The van der Waals surface area contributed by atoms with Crippen molar-refractivity contribution in [3.8, 4) is 10.6 Å². The van der Waals surface area contributed by atoms with Crippen LogP contribution in [-0.4, -0.2) is 20.9 Å². The molecule has 1 fully saturated rings. The Balaban J connectivity index is 2.03. The minimum Gasteiger partial charge on any atom is -0.478 e. The molecule has 0 radical (unpaired) electrons. The van der Waals surface area contributed by atoms with Gasteiger partial charge in [0.25, 0.3) is 0 Å². The van der Waals surface area contributed by atoms with Crippen LogP contribution in [0.4, 0.5) is 0 Å².